The van der Waals surface area contributed by atoms with E-state index in [1.54, 1.807) is 35.9 Å². The van der Waals surface area contributed by atoms with Crippen LogP contribution in [0.15, 0.2) is 47.6 Å². The molecule has 0 amide bonds. The molecule has 22 heavy (non-hydrogen) atoms. The molecule has 0 aliphatic rings. The second kappa shape index (κ2) is 6.50. The highest BCUT2D eigenvalue weighted by Gasteiger charge is 2.27. The number of hydrogen-bond acceptors (Lipinski definition) is 4. The van der Waals surface area contributed by atoms with Crippen molar-refractivity contribution in [2.24, 2.45) is 0 Å². The average molecular weight is 323 g/mol. The van der Waals surface area contributed by atoms with Crippen LogP contribution >= 0.6 is 0 Å². The highest BCUT2D eigenvalue weighted by Crippen LogP contribution is 2.24. The van der Waals surface area contributed by atoms with Gasteiger partial charge in [0.25, 0.3) is 10.0 Å². The molecule has 6 nitrogen and oxygen atoms in total. The molecule has 1 N–H and O–H groups in total. The van der Waals surface area contributed by atoms with Crippen molar-refractivity contribution in [2.45, 2.75) is 37.8 Å². The van der Waals surface area contributed by atoms with E-state index in [4.69, 9.17) is 0 Å². The summed E-state index contributed by atoms with van der Waals surface area (Å²) in [5.74, 6) is 0. The summed E-state index contributed by atoms with van der Waals surface area (Å²) in [6.07, 6.45) is 2.07. The van der Waals surface area contributed by atoms with Gasteiger partial charge in [-0.25, -0.2) is 8.42 Å². The second-order valence-electron chi connectivity index (χ2n) is 5.47. The molecule has 0 aliphatic carbocycles. The molecule has 0 aliphatic heterocycles. The monoisotopic (exact) mass is 323 g/mol. The van der Waals surface area contributed by atoms with Crippen molar-refractivity contribution in [3.63, 3.8) is 0 Å². The molecule has 0 saturated carbocycles. The van der Waals surface area contributed by atoms with Gasteiger partial charge in [-0.1, -0.05) is 18.2 Å². The highest BCUT2D eigenvalue weighted by atomic mass is 32.2. The van der Waals surface area contributed by atoms with Crippen LogP contribution in [0, 0.1) is 0 Å². The summed E-state index contributed by atoms with van der Waals surface area (Å²) in [5, 5.41) is 13.7. The van der Waals surface area contributed by atoms with E-state index in [1.165, 1.54) is 16.7 Å². The summed E-state index contributed by atoms with van der Waals surface area (Å²) in [7, 11) is -3.77. The standard InChI is InChI=1S/C15H21N3O3S/c1-12(2)17-11-15(9-16-17)22(20,21)18(10-13(3)19)14-7-5-4-6-8-14/h4-9,11-13,19H,10H2,1-3H3. The van der Waals surface area contributed by atoms with E-state index in [0.717, 1.165) is 0 Å². The Morgan fingerprint density at radius 1 is 1.23 bits per heavy atom. The maximum Gasteiger partial charge on any atom is 0.267 e. The number of para-hydroxylation sites is 1. The lowest BCUT2D eigenvalue weighted by molar-refractivity contribution is 0.204. The lowest BCUT2D eigenvalue weighted by Crippen LogP contribution is -2.36. The molecular weight excluding hydrogens is 302 g/mol. The first-order valence-electron chi connectivity index (χ1n) is 7.12. The number of benzene rings is 1. The number of rotatable bonds is 6. The molecule has 1 aromatic carbocycles. The Bertz CT molecular complexity index is 709. The lowest BCUT2D eigenvalue weighted by atomic mass is 10.3. The van der Waals surface area contributed by atoms with Crippen LogP contribution in [-0.2, 0) is 10.0 Å². The Balaban J connectivity index is 2.44. The summed E-state index contributed by atoms with van der Waals surface area (Å²) in [4.78, 5) is 0.116. The maximum atomic E-state index is 12.9. The van der Waals surface area contributed by atoms with Crippen LogP contribution in [0.4, 0.5) is 5.69 Å². The van der Waals surface area contributed by atoms with Crippen molar-refractivity contribution in [1.82, 2.24) is 9.78 Å². The lowest BCUT2D eigenvalue weighted by Gasteiger charge is -2.25. The van der Waals surface area contributed by atoms with Crippen LogP contribution in [0.1, 0.15) is 26.8 Å². The molecule has 0 fully saturated rings. The molecule has 7 heteroatoms. The third kappa shape index (κ3) is 3.48. The van der Waals surface area contributed by atoms with Crippen molar-refractivity contribution in [3.05, 3.63) is 42.7 Å². The molecule has 0 saturated heterocycles. The molecule has 0 radical (unpaired) electrons. The highest BCUT2D eigenvalue weighted by molar-refractivity contribution is 7.92. The second-order valence-corrected chi connectivity index (χ2v) is 7.33. The van der Waals surface area contributed by atoms with E-state index >= 15 is 0 Å². The quantitative estimate of drug-likeness (QED) is 0.882. The summed E-state index contributed by atoms with van der Waals surface area (Å²) in [5.41, 5.74) is 0.515. The molecule has 1 heterocycles. The Kier molecular flexibility index (Phi) is 4.87. The molecule has 120 valence electrons. The van der Waals surface area contributed by atoms with Gasteiger partial charge in [0.1, 0.15) is 4.90 Å². The number of aromatic nitrogens is 2. The fourth-order valence-corrected chi connectivity index (χ4v) is 3.53. The largest absolute Gasteiger partial charge is 0.392 e. The number of nitrogens with zero attached hydrogens (tertiary/aromatic N) is 3. The number of aliphatic hydroxyl groups excluding tert-OH is 1. The topological polar surface area (TPSA) is 75.4 Å². The molecule has 0 bridgehead atoms. The fraction of sp³-hybridized carbons (Fsp3) is 0.400. The van der Waals surface area contributed by atoms with E-state index in [-0.39, 0.29) is 17.5 Å². The van der Waals surface area contributed by atoms with Crippen LogP contribution < -0.4 is 4.31 Å². The third-order valence-corrected chi connectivity index (χ3v) is 4.92. The maximum absolute atomic E-state index is 12.9. The van der Waals surface area contributed by atoms with Gasteiger partial charge in [0, 0.05) is 12.2 Å². The molecule has 2 aromatic rings. The number of anilines is 1. The third-order valence-electron chi connectivity index (χ3n) is 3.17. The van der Waals surface area contributed by atoms with Gasteiger partial charge in [0.15, 0.2) is 0 Å². The van der Waals surface area contributed by atoms with Gasteiger partial charge in [-0.2, -0.15) is 5.10 Å². The van der Waals surface area contributed by atoms with E-state index in [1.807, 2.05) is 19.9 Å². The number of sulfonamides is 1. The summed E-state index contributed by atoms with van der Waals surface area (Å²) < 4.78 is 28.5. The van der Waals surface area contributed by atoms with Crippen LogP contribution in [0.2, 0.25) is 0 Å². The fourth-order valence-electron chi connectivity index (χ4n) is 2.04. The zero-order chi connectivity index (χ0) is 16.3. The van der Waals surface area contributed by atoms with Crippen LogP contribution in [0.3, 0.4) is 0 Å². The van der Waals surface area contributed by atoms with Crippen LogP contribution in [-0.4, -0.2) is 36.0 Å². The van der Waals surface area contributed by atoms with Crippen LogP contribution in [0.25, 0.3) is 0 Å². The summed E-state index contributed by atoms with van der Waals surface area (Å²) in [6, 6.07) is 8.81. The van der Waals surface area contributed by atoms with Crippen molar-refractivity contribution < 1.29 is 13.5 Å². The van der Waals surface area contributed by atoms with Gasteiger partial charge in [-0.05, 0) is 32.9 Å². The average Bonchev–Trinajstić information content (AvgIpc) is 2.96. The summed E-state index contributed by atoms with van der Waals surface area (Å²) in [6.45, 7) is 5.39. The van der Waals surface area contributed by atoms with Gasteiger partial charge in [-0.3, -0.25) is 8.99 Å². The molecule has 1 aromatic heterocycles. The zero-order valence-corrected chi connectivity index (χ0v) is 13.7. The smallest absolute Gasteiger partial charge is 0.267 e. The molecule has 2 rings (SSSR count). The van der Waals surface area contributed by atoms with Crippen molar-refractivity contribution in [3.8, 4) is 0 Å². The number of hydrogen-bond donors (Lipinski definition) is 1. The van der Waals surface area contributed by atoms with Crippen molar-refractivity contribution >= 4 is 15.7 Å². The first kappa shape index (κ1) is 16.5. The predicted molar refractivity (Wildman–Crippen MR) is 85.3 cm³/mol. The Morgan fingerprint density at radius 2 is 1.86 bits per heavy atom. The molecule has 1 atom stereocenters. The Morgan fingerprint density at radius 3 is 2.36 bits per heavy atom. The van der Waals surface area contributed by atoms with E-state index in [0.29, 0.717) is 5.69 Å². The predicted octanol–water partition coefficient (Wildman–Crippen LogP) is 2.04. The molecule has 0 spiro atoms. The SMILES string of the molecule is CC(O)CN(c1ccccc1)S(=O)(=O)c1cnn(C(C)C)c1. The minimum Gasteiger partial charge on any atom is -0.392 e. The van der Waals surface area contributed by atoms with Gasteiger partial charge < -0.3 is 5.11 Å². The van der Waals surface area contributed by atoms with E-state index in [9.17, 15) is 13.5 Å². The Labute approximate surface area is 131 Å². The first-order chi connectivity index (χ1) is 10.3. The normalized spacial score (nSPS) is 13.3. The minimum absolute atomic E-state index is 0.0147. The molecular formula is C15H21N3O3S. The zero-order valence-electron chi connectivity index (χ0n) is 12.9. The van der Waals surface area contributed by atoms with Crippen LogP contribution in [0.5, 0.6) is 0 Å². The number of aliphatic hydroxyl groups is 1. The van der Waals surface area contributed by atoms with Gasteiger partial charge in [0.05, 0.1) is 24.5 Å². The van der Waals surface area contributed by atoms with Crippen molar-refractivity contribution in [1.29, 1.82) is 0 Å². The Hall–Kier alpha value is -1.86. The first-order valence-corrected chi connectivity index (χ1v) is 8.56. The van der Waals surface area contributed by atoms with Gasteiger partial charge >= 0.3 is 0 Å². The van der Waals surface area contributed by atoms with Gasteiger partial charge in [-0.15, -0.1) is 0 Å². The van der Waals surface area contributed by atoms with E-state index < -0.39 is 16.1 Å². The van der Waals surface area contributed by atoms with Crippen molar-refractivity contribution in [2.75, 3.05) is 10.8 Å². The van der Waals surface area contributed by atoms with Gasteiger partial charge in [0.2, 0.25) is 0 Å². The summed E-state index contributed by atoms with van der Waals surface area (Å²) >= 11 is 0. The van der Waals surface area contributed by atoms with E-state index in [2.05, 4.69) is 5.10 Å². The molecule has 1 unspecified atom stereocenters. The minimum atomic E-state index is -3.77.